The zero-order valence-electron chi connectivity index (χ0n) is 18.7. The van der Waals surface area contributed by atoms with Crippen molar-refractivity contribution in [1.82, 2.24) is 0 Å². The molecule has 180 valence electrons. The molecule has 1 aliphatic heterocycles. The summed E-state index contributed by atoms with van der Waals surface area (Å²) >= 11 is 7.85. The molecular weight excluding hydrogens is 603 g/mol. The van der Waals surface area contributed by atoms with E-state index < -0.39 is 10.1 Å². The summed E-state index contributed by atoms with van der Waals surface area (Å²) in [7, 11) is -4.12. The van der Waals surface area contributed by atoms with E-state index in [-0.39, 0.29) is 28.9 Å². The van der Waals surface area contributed by atoms with E-state index >= 15 is 0 Å². The van der Waals surface area contributed by atoms with Crippen LogP contribution in [0.2, 0.25) is 5.02 Å². The summed E-state index contributed by atoms with van der Waals surface area (Å²) in [6.07, 6.45) is 1.70. The third-order valence-corrected chi connectivity index (χ3v) is 7.29. The standard InChI is InChI=1S/C25H20ClIN2O5S/c1-3-33-23-15-17(13-21-16(2)28-29(25(21)30)19-7-5-4-6-8-19)14-22(27)24(23)34-35(31,32)20-11-9-18(26)10-12-20/h4-15H,3H2,1-2H3/b21-13+. The van der Waals surface area contributed by atoms with Crippen molar-refractivity contribution in [3.63, 3.8) is 0 Å². The van der Waals surface area contributed by atoms with Crippen molar-refractivity contribution in [3.05, 3.63) is 86.5 Å². The lowest BCUT2D eigenvalue weighted by atomic mass is 10.1. The van der Waals surface area contributed by atoms with Crippen molar-refractivity contribution in [2.75, 3.05) is 11.6 Å². The fourth-order valence-corrected chi connectivity index (χ4v) is 5.34. The monoisotopic (exact) mass is 622 g/mol. The maximum Gasteiger partial charge on any atom is 0.339 e. The molecule has 0 radical (unpaired) electrons. The van der Waals surface area contributed by atoms with E-state index in [2.05, 4.69) is 5.10 Å². The number of rotatable bonds is 7. The van der Waals surface area contributed by atoms with E-state index in [1.54, 1.807) is 44.2 Å². The van der Waals surface area contributed by atoms with Crippen LogP contribution >= 0.6 is 34.2 Å². The molecule has 0 aliphatic carbocycles. The first-order valence-corrected chi connectivity index (χ1v) is 13.4. The van der Waals surface area contributed by atoms with Gasteiger partial charge in [0.15, 0.2) is 11.5 Å². The second-order valence-electron chi connectivity index (χ2n) is 7.45. The van der Waals surface area contributed by atoms with Crippen LogP contribution < -0.4 is 13.9 Å². The average Bonchev–Trinajstić information content (AvgIpc) is 3.10. The van der Waals surface area contributed by atoms with Gasteiger partial charge in [0.2, 0.25) is 0 Å². The highest BCUT2D eigenvalue weighted by Crippen LogP contribution is 2.37. The Bertz CT molecular complexity index is 1440. The largest absolute Gasteiger partial charge is 0.490 e. The lowest BCUT2D eigenvalue weighted by molar-refractivity contribution is -0.114. The topological polar surface area (TPSA) is 85.3 Å². The molecule has 0 atom stereocenters. The first-order valence-electron chi connectivity index (χ1n) is 10.5. The molecule has 1 heterocycles. The molecule has 1 aliphatic rings. The van der Waals surface area contributed by atoms with E-state index in [9.17, 15) is 13.2 Å². The number of benzene rings is 3. The van der Waals surface area contributed by atoms with E-state index in [1.165, 1.54) is 29.3 Å². The minimum Gasteiger partial charge on any atom is -0.490 e. The highest BCUT2D eigenvalue weighted by atomic mass is 127. The maximum atomic E-state index is 13.0. The number of hydrogen-bond donors (Lipinski definition) is 0. The van der Waals surface area contributed by atoms with Gasteiger partial charge in [-0.1, -0.05) is 29.8 Å². The smallest absolute Gasteiger partial charge is 0.339 e. The van der Waals surface area contributed by atoms with Crippen LogP contribution in [0.15, 0.2) is 82.3 Å². The van der Waals surface area contributed by atoms with Crippen molar-refractivity contribution < 1.29 is 22.1 Å². The number of nitrogens with zero attached hydrogens (tertiary/aromatic N) is 2. The third kappa shape index (κ3) is 5.52. The quantitative estimate of drug-likeness (QED) is 0.186. The number of carbonyl (C=O) groups excluding carboxylic acids is 1. The first kappa shape index (κ1) is 25.2. The van der Waals surface area contributed by atoms with E-state index in [0.29, 0.717) is 31.1 Å². The molecule has 3 aromatic rings. The summed E-state index contributed by atoms with van der Waals surface area (Å²) in [4.78, 5) is 13.0. The van der Waals surface area contributed by atoms with Crippen molar-refractivity contribution in [2.45, 2.75) is 18.7 Å². The van der Waals surface area contributed by atoms with Crippen LogP contribution in [0.25, 0.3) is 6.08 Å². The van der Waals surface area contributed by atoms with Gasteiger partial charge in [-0.25, -0.2) is 0 Å². The molecule has 0 bridgehead atoms. The van der Waals surface area contributed by atoms with Gasteiger partial charge in [-0.15, -0.1) is 0 Å². The second-order valence-corrected chi connectivity index (χ2v) is 10.6. The highest BCUT2D eigenvalue weighted by molar-refractivity contribution is 14.1. The summed E-state index contributed by atoms with van der Waals surface area (Å²) < 4.78 is 37.3. The van der Waals surface area contributed by atoms with Gasteiger partial charge in [0, 0.05) is 5.02 Å². The van der Waals surface area contributed by atoms with E-state index in [1.807, 2.05) is 40.8 Å². The molecule has 0 fully saturated rings. The van der Waals surface area contributed by atoms with Crippen LogP contribution in [-0.4, -0.2) is 26.6 Å². The molecule has 0 saturated carbocycles. The van der Waals surface area contributed by atoms with Crippen molar-refractivity contribution in [2.24, 2.45) is 5.10 Å². The van der Waals surface area contributed by atoms with Gasteiger partial charge in [0.05, 0.1) is 27.1 Å². The Morgan fingerprint density at radius 1 is 1.09 bits per heavy atom. The van der Waals surface area contributed by atoms with Crippen molar-refractivity contribution in [1.29, 1.82) is 0 Å². The summed E-state index contributed by atoms with van der Waals surface area (Å²) in [5.41, 5.74) is 2.30. The number of ether oxygens (including phenoxy) is 1. The third-order valence-electron chi connectivity index (χ3n) is 5.00. The van der Waals surface area contributed by atoms with Crippen molar-refractivity contribution >= 4 is 67.7 Å². The lowest BCUT2D eigenvalue weighted by Gasteiger charge is -2.15. The fourth-order valence-electron chi connectivity index (χ4n) is 3.37. The Balaban J connectivity index is 1.68. The number of hydrogen-bond acceptors (Lipinski definition) is 6. The van der Waals surface area contributed by atoms with Crippen LogP contribution in [0.3, 0.4) is 0 Å². The van der Waals surface area contributed by atoms with Crippen LogP contribution in [0, 0.1) is 3.57 Å². The van der Waals surface area contributed by atoms with Gasteiger partial charge in [-0.2, -0.15) is 18.5 Å². The molecule has 7 nitrogen and oxygen atoms in total. The zero-order chi connectivity index (χ0) is 25.2. The number of para-hydroxylation sites is 1. The number of halogens is 2. The van der Waals surface area contributed by atoms with Crippen molar-refractivity contribution in [3.8, 4) is 11.5 Å². The molecule has 1 amide bonds. The van der Waals surface area contributed by atoms with Crippen LogP contribution in [-0.2, 0) is 14.9 Å². The Morgan fingerprint density at radius 2 is 1.77 bits per heavy atom. The SMILES string of the molecule is CCOc1cc(/C=C2/C(=O)N(c3ccccc3)N=C2C)cc(I)c1OS(=O)(=O)c1ccc(Cl)cc1. The summed E-state index contributed by atoms with van der Waals surface area (Å²) in [6, 6.07) is 18.2. The second kappa shape index (κ2) is 10.4. The van der Waals surface area contributed by atoms with Gasteiger partial charge >= 0.3 is 10.1 Å². The average molecular weight is 623 g/mol. The summed E-state index contributed by atoms with van der Waals surface area (Å²) in [5.74, 6) is 0.0506. The number of hydrazone groups is 1. The van der Waals surface area contributed by atoms with Gasteiger partial charge < -0.3 is 8.92 Å². The van der Waals surface area contributed by atoms with Gasteiger partial charge in [0.25, 0.3) is 5.91 Å². The number of anilines is 1. The molecule has 0 spiro atoms. The van der Waals surface area contributed by atoms with E-state index in [4.69, 9.17) is 20.5 Å². The predicted octanol–water partition coefficient (Wildman–Crippen LogP) is 5.92. The number of amides is 1. The first-order chi connectivity index (χ1) is 16.7. The minimum absolute atomic E-state index is 0.0317. The molecule has 0 aromatic heterocycles. The Morgan fingerprint density at radius 3 is 2.43 bits per heavy atom. The van der Waals surface area contributed by atoms with Gasteiger partial charge in [-0.05, 0) is 96.6 Å². The van der Waals surface area contributed by atoms with Gasteiger partial charge in [-0.3, -0.25) is 4.79 Å². The summed E-state index contributed by atoms with van der Waals surface area (Å²) in [6.45, 7) is 3.83. The molecule has 35 heavy (non-hydrogen) atoms. The lowest BCUT2D eigenvalue weighted by Crippen LogP contribution is -2.21. The molecule has 4 rings (SSSR count). The van der Waals surface area contributed by atoms with Crippen LogP contribution in [0.1, 0.15) is 19.4 Å². The Hall–Kier alpha value is -2.89. The molecule has 10 heteroatoms. The number of carbonyl (C=O) groups is 1. The maximum absolute atomic E-state index is 13.0. The Kier molecular flexibility index (Phi) is 7.48. The van der Waals surface area contributed by atoms with Crippen LogP contribution in [0.5, 0.6) is 11.5 Å². The Labute approximate surface area is 222 Å². The van der Waals surface area contributed by atoms with E-state index in [0.717, 1.165) is 0 Å². The highest BCUT2D eigenvalue weighted by Gasteiger charge is 2.29. The summed E-state index contributed by atoms with van der Waals surface area (Å²) in [5, 5.41) is 6.16. The predicted molar refractivity (Wildman–Crippen MR) is 145 cm³/mol. The fraction of sp³-hybridized carbons (Fsp3) is 0.120. The molecular formula is C25H20ClIN2O5S. The van der Waals surface area contributed by atoms with Crippen LogP contribution in [0.4, 0.5) is 5.69 Å². The minimum atomic E-state index is -4.12. The molecule has 0 N–H and O–H groups in total. The molecule has 3 aromatic carbocycles. The molecule has 0 unspecified atom stereocenters. The zero-order valence-corrected chi connectivity index (χ0v) is 22.5. The molecule has 0 saturated heterocycles. The van der Waals surface area contributed by atoms with Gasteiger partial charge in [0.1, 0.15) is 4.90 Å². The normalized spacial score (nSPS) is 14.9.